The Bertz CT molecular complexity index is 1220. The van der Waals surface area contributed by atoms with Gasteiger partial charge in [0, 0.05) is 11.3 Å². The van der Waals surface area contributed by atoms with Crippen LogP contribution < -0.4 is 15.5 Å². The van der Waals surface area contributed by atoms with E-state index in [0.29, 0.717) is 17.0 Å². The van der Waals surface area contributed by atoms with Crippen LogP contribution in [0.4, 0.5) is 11.7 Å². The Kier molecular flexibility index (Phi) is 6.53. The van der Waals surface area contributed by atoms with Gasteiger partial charge in [0.2, 0.25) is 0 Å². The molecule has 3 rings (SSSR count). The van der Waals surface area contributed by atoms with Crippen molar-refractivity contribution >= 4 is 29.4 Å². The van der Waals surface area contributed by atoms with Crippen LogP contribution in [0.2, 0.25) is 0 Å². The summed E-state index contributed by atoms with van der Waals surface area (Å²) in [5.74, 6) is -0.165. The summed E-state index contributed by atoms with van der Waals surface area (Å²) in [5.41, 5.74) is 8.54. The van der Waals surface area contributed by atoms with E-state index >= 15 is 0 Å². The minimum atomic E-state index is -0.488. The number of aryl methyl sites for hydroxylation is 1. The molecule has 2 aromatic heterocycles. The third-order valence-electron chi connectivity index (χ3n) is 4.41. The molecule has 0 spiro atoms. The molecule has 3 aromatic rings. The molecule has 0 bridgehead atoms. The van der Waals surface area contributed by atoms with E-state index in [4.69, 9.17) is 10.3 Å². The largest absolute Gasteiger partial charge is 0.861 e. The fourth-order valence-corrected chi connectivity index (χ4v) is 3.65. The quantitative estimate of drug-likeness (QED) is 0.269. The van der Waals surface area contributed by atoms with Crippen molar-refractivity contribution in [1.82, 2.24) is 10.3 Å². The van der Waals surface area contributed by atoms with Crippen LogP contribution in [-0.4, -0.2) is 21.9 Å². The minimum Gasteiger partial charge on any atom is -0.861 e. The molecule has 0 aliphatic rings. The Morgan fingerprint density at radius 2 is 1.94 bits per heavy atom. The summed E-state index contributed by atoms with van der Waals surface area (Å²) in [6, 6.07) is 11.8. The van der Waals surface area contributed by atoms with Gasteiger partial charge in [0.15, 0.2) is 12.3 Å². The fraction of sp³-hybridized carbons (Fsp3) is 0.238. The van der Waals surface area contributed by atoms with E-state index in [0.717, 1.165) is 17.3 Å². The van der Waals surface area contributed by atoms with E-state index in [1.165, 1.54) is 10.9 Å². The highest BCUT2D eigenvalue weighted by atomic mass is 32.2. The van der Waals surface area contributed by atoms with E-state index in [1.54, 1.807) is 7.05 Å². The Labute approximate surface area is 183 Å². The number of rotatable bonds is 6. The Balaban J connectivity index is 1.99. The van der Waals surface area contributed by atoms with Gasteiger partial charge in [-0.3, -0.25) is 4.52 Å². The minimum absolute atomic E-state index is 0.00131. The molecule has 2 N–H and O–H groups in total. The number of nitriles is 2. The molecule has 2 heterocycles. The molecule has 0 radical (unpaired) electrons. The van der Waals surface area contributed by atoms with Crippen molar-refractivity contribution in [2.75, 3.05) is 11.5 Å². The van der Waals surface area contributed by atoms with Gasteiger partial charge < -0.3 is 10.8 Å². The molecule has 0 amide bonds. The van der Waals surface area contributed by atoms with Crippen LogP contribution in [0.15, 0.2) is 45.0 Å². The van der Waals surface area contributed by atoms with Gasteiger partial charge in [0.1, 0.15) is 28.5 Å². The van der Waals surface area contributed by atoms with Gasteiger partial charge in [0.05, 0.1) is 5.56 Å². The van der Waals surface area contributed by atoms with Crippen LogP contribution >= 0.6 is 11.8 Å². The highest BCUT2D eigenvalue weighted by molar-refractivity contribution is 8.00. The number of nitrogens with two attached hydrogens (primary N) is 1. The first-order valence-electron chi connectivity index (χ1n) is 9.28. The zero-order valence-corrected chi connectivity index (χ0v) is 18.0. The second kappa shape index (κ2) is 9.28. The third kappa shape index (κ3) is 4.82. The van der Waals surface area contributed by atoms with Crippen LogP contribution in [-0.2, 0) is 7.05 Å². The van der Waals surface area contributed by atoms with Crippen molar-refractivity contribution < 1.29 is 14.3 Å². The molecule has 0 saturated heterocycles. The van der Waals surface area contributed by atoms with Gasteiger partial charge >= 0.3 is 5.88 Å². The van der Waals surface area contributed by atoms with Crippen molar-refractivity contribution in [2.45, 2.75) is 24.8 Å². The number of aliphatic imine (C=N–C) groups is 1. The molecule has 0 atom stereocenters. The smallest absolute Gasteiger partial charge is 0.320 e. The van der Waals surface area contributed by atoms with Crippen molar-refractivity contribution in [3.63, 3.8) is 0 Å². The van der Waals surface area contributed by atoms with Crippen LogP contribution in [0.25, 0.3) is 11.1 Å². The van der Waals surface area contributed by atoms with Crippen molar-refractivity contribution in [3.05, 3.63) is 47.2 Å². The molecule has 9 nitrogen and oxygen atoms in total. The molecule has 0 aliphatic carbocycles. The molecular formula is C21H19N7O2S. The summed E-state index contributed by atoms with van der Waals surface area (Å²) in [6.07, 6.45) is 1.46. The van der Waals surface area contributed by atoms with Gasteiger partial charge in [0.25, 0.3) is 6.20 Å². The van der Waals surface area contributed by atoms with E-state index in [9.17, 15) is 15.6 Å². The number of nitrogen functional groups attached to an aromatic ring is 1. The maximum Gasteiger partial charge on any atom is 0.320 e. The van der Waals surface area contributed by atoms with Gasteiger partial charge in [-0.05, 0) is 22.9 Å². The number of hydrogen-bond donors (Lipinski definition) is 1. The number of thioether (sulfide) groups is 1. The maximum absolute atomic E-state index is 12.2. The zero-order valence-electron chi connectivity index (χ0n) is 17.2. The monoisotopic (exact) mass is 433 g/mol. The van der Waals surface area contributed by atoms with Gasteiger partial charge in [-0.1, -0.05) is 54.6 Å². The van der Waals surface area contributed by atoms with Crippen LogP contribution in [0.1, 0.15) is 36.5 Å². The lowest BCUT2D eigenvalue weighted by Crippen LogP contribution is -2.27. The molecular weight excluding hydrogens is 414 g/mol. The molecule has 31 heavy (non-hydrogen) atoms. The molecule has 0 aliphatic heterocycles. The zero-order chi connectivity index (χ0) is 22.5. The molecule has 1 aromatic carbocycles. The van der Waals surface area contributed by atoms with Crippen LogP contribution in [0.3, 0.4) is 0 Å². The Hall–Kier alpha value is -3.89. The first-order chi connectivity index (χ1) is 14.8. The van der Waals surface area contributed by atoms with Gasteiger partial charge in [-0.2, -0.15) is 10.5 Å². The number of anilines is 1. The predicted molar refractivity (Wildman–Crippen MR) is 113 cm³/mol. The third-order valence-corrected chi connectivity index (χ3v) is 5.37. The lowest BCUT2D eigenvalue weighted by molar-refractivity contribution is -0.739. The van der Waals surface area contributed by atoms with E-state index in [1.807, 2.05) is 30.3 Å². The Morgan fingerprint density at radius 3 is 2.48 bits per heavy atom. The highest BCUT2D eigenvalue weighted by Crippen LogP contribution is 2.36. The number of pyridine rings is 1. The van der Waals surface area contributed by atoms with E-state index in [2.05, 4.69) is 35.2 Å². The average Bonchev–Trinajstić information content (AvgIpc) is 3.16. The Morgan fingerprint density at radius 1 is 1.26 bits per heavy atom. The maximum atomic E-state index is 12.2. The topological polar surface area (TPSA) is 152 Å². The lowest BCUT2D eigenvalue weighted by Gasteiger charge is -2.15. The summed E-state index contributed by atoms with van der Waals surface area (Å²) in [4.78, 5) is 8.00. The number of hydrogen-bond acceptors (Lipinski definition) is 9. The lowest BCUT2D eigenvalue weighted by atomic mass is 9.94. The summed E-state index contributed by atoms with van der Waals surface area (Å²) >= 11 is 1.02. The van der Waals surface area contributed by atoms with Gasteiger partial charge in [-0.15, -0.1) is 0 Å². The first-order valence-corrected chi connectivity index (χ1v) is 10.3. The molecule has 10 heteroatoms. The second-order valence-electron chi connectivity index (χ2n) is 6.94. The van der Waals surface area contributed by atoms with Crippen molar-refractivity contribution in [2.24, 2.45) is 12.0 Å². The molecule has 156 valence electrons. The van der Waals surface area contributed by atoms with Gasteiger partial charge in [-0.25, -0.2) is 9.98 Å². The van der Waals surface area contributed by atoms with Crippen LogP contribution in [0.5, 0.6) is 0 Å². The number of nitrogens with zero attached hydrogens (tertiary/aromatic N) is 6. The van der Waals surface area contributed by atoms with Crippen molar-refractivity contribution in [1.29, 1.82) is 10.5 Å². The summed E-state index contributed by atoms with van der Waals surface area (Å²) in [7, 11) is 1.64. The predicted octanol–water partition coefficient (Wildman–Crippen LogP) is 2.19. The number of aromatic nitrogens is 3. The molecule has 0 fully saturated rings. The average molecular weight is 433 g/mol. The summed E-state index contributed by atoms with van der Waals surface area (Å²) < 4.78 is 6.26. The van der Waals surface area contributed by atoms with Crippen molar-refractivity contribution in [3.8, 4) is 23.3 Å². The second-order valence-corrected chi connectivity index (χ2v) is 7.90. The number of benzene rings is 1. The normalized spacial score (nSPS) is 11.4. The first kappa shape index (κ1) is 21.8. The molecule has 0 unspecified atom stereocenters. The summed E-state index contributed by atoms with van der Waals surface area (Å²) in [5, 5.41) is 35.5. The standard InChI is InChI=1S/C21H19N7O2S/c1-12(2)13-4-6-14(7-5-13)19-15(8-22)20(24)26-21(16(19)9-23)31-11-17(29)25-18-10-28(3)27-30-18/h4-7,10,12H,11H2,1-3H3,(H2-,24,25,26,27,29). The van der Waals surface area contributed by atoms with E-state index in [-0.39, 0.29) is 33.6 Å². The highest BCUT2D eigenvalue weighted by Gasteiger charge is 2.20. The SMILES string of the molecule is CC(C)c1ccc(-c2c(C#N)c(N)nc(SC/C([O-])=N/c3c[n+](C)no3)c2C#N)cc1. The van der Waals surface area contributed by atoms with E-state index < -0.39 is 5.90 Å². The van der Waals surface area contributed by atoms with Crippen LogP contribution in [0, 0.1) is 22.7 Å². The summed E-state index contributed by atoms with van der Waals surface area (Å²) in [6.45, 7) is 4.16. The fourth-order valence-electron chi connectivity index (χ4n) is 2.87. The molecule has 0 saturated carbocycles.